The first kappa shape index (κ1) is 12.0. The zero-order valence-electron chi connectivity index (χ0n) is 9.37. The Bertz CT molecular complexity index is 488. The first-order chi connectivity index (χ1) is 8.11. The minimum absolute atomic E-state index is 0.225. The van der Waals surface area contributed by atoms with Crippen molar-refractivity contribution in [3.05, 3.63) is 22.7 Å². The van der Waals surface area contributed by atoms with Gasteiger partial charge in [0.25, 0.3) is 5.56 Å². The molecule has 1 atom stereocenters. The summed E-state index contributed by atoms with van der Waals surface area (Å²) in [7, 11) is 1.63. The molecule has 1 saturated heterocycles. The molecule has 1 N–H and O–H groups in total. The van der Waals surface area contributed by atoms with Crippen LogP contribution < -0.4 is 10.5 Å². The molecule has 2 rings (SSSR count). The third-order valence-electron chi connectivity index (χ3n) is 2.68. The lowest BCUT2D eigenvalue weighted by molar-refractivity contribution is -0.138. The van der Waals surface area contributed by atoms with Crippen molar-refractivity contribution in [1.82, 2.24) is 9.55 Å². The molecule has 1 aromatic rings. The van der Waals surface area contributed by atoms with Gasteiger partial charge in [-0.2, -0.15) is 11.8 Å². The molecular formula is C10H13N3O3S. The third kappa shape index (κ3) is 2.28. The summed E-state index contributed by atoms with van der Waals surface area (Å²) in [4.78, 5) is 28.6. The molecule has 0 radical (unpaired) electrons. The van der Waals surface area contributed by atoms with E-state index in [1.807, 2.05) is 0 Å². The standard InChI is InChI=1S/C10H13N3O3S/c1-12-3-2-11-8(9(12)14)13-4-5-17-6-7(13)10(15)16/h2-3,7H,4-6H2,1H3,(H,15,16). The summed E-state index contributed by atoms with van der Waals surface area (Å²) in [5, 5.41) is 9.14. The molecule has 17 heavy (non-hydrogen) atoms. The van der Waals surface area contributed by atoms with Gasteiger partial charge in [0.1, 0.15) is 6.04 Å². The summed E-state index contributed by atoms with van der Waals surface area (Å²) in [5.74, 6) is 0.603. The summed E-state index contributed by atoms with van der Waals surface area (Å²) in [6.07, 6.45) is 3.07. The Balaban J connectivity index is 2.40. The molecule has 1 fully saturated rings. The van der Waals surface area contributed by atoms with Crippen molar-refractivity contribution in [3.8, 4) is 0 Å². The van der Waals surface area contributed by atoms with Crippen molar-refractivity contribution in [2.75, 3.05) is 23.0 Å². The number of nitrogens with zero attached hydrogens (tertiary/aromatic N) is 3. The van der Waals surface area contributed by atoms with Gasteiger partial charge < -0.3 is 14.6 Å². The number of carbonyl (C=O) groups is 1. The molecular weight excluding hydrogens is 242 g/mol. The summed E-state index contributed by atoms with van der Waals surface area (Å²) < 4.78 is 1.41. The quantitative estimate of drug-likeness (QED) is 0.788. The van der Waals surface area contributed by atoms with Crippen LogP contribution in [0.5, 0.6) is 0 Å². The Kier molecular flexibility index (Phi) is 3.37. The van der Waals surface area contributed by atoms with E-state index in [0.29, 0.717) is 12.3 Å². The minimum atomic E-state index is -0.912. The molecule has 0 aliphatic carbocycles. The van der Waals surface area contributed by atoms with E-state index in [1.165, 1.54) is 10.8 Å². The maximum atomic E-state index is 11.9. The largest absolute Gasteiger partial charge is 0.480 e. The fraction of sp³-hybridized carbons (Fsp3) is 0.500. The number of aromatic nitrogens is 2. The Morgan fingerprint density at radius 3 is 3.12 bits per heavy atom. The Labute approximate surface area is 102 Å². The summed E-state index contributed by atoms with van der Waals surface area (Å²) in [6, 6.07) is -0.670. The maximum absolute atomic E-state index is 11.9. The van der Waals surface area contributed by atoms with Gasteiger partial charge in [-0.25, -0.2) is 9.78 Å². The predicted molar refractivity (Wildman–Crippen MR) is 65.6 cm³/mol. The molecule has 0 amide bonds. The lowest BCUT2D eigenvalue weighted by Gasteiger charge is -2.32. The van der Waals surface area contributed by atoms with Crippen LogP contribution in [0.4, 0.5) is 5.82 Å². The molecule has 2 heterocycles. The van der Waals surface area contributed by atoms with E-state index < -0.39 is 12.0 Å². The number of carboxylic acid groups (broad SMARTS) is 1. The average molecular weight is 255 g/mol. The minimum Gasteiger partial charge on any atom is -0.480 e. The first-order valence-electron chi connectivity index (χ1n) is 5.20. The highest BCUT2D eigenvalue weighted by Gasteiger charge is 2.31. The lowest BCUT2D eigenvalue weighted by Crippen LogP contribution is -2.50. The first-order valence-corrected chi connectivity index (χ1v) is 6.35. The van der Waals surface area contributed by atoms with Crippen molar-refractivity contribution >= 4 is 23.5 Å². The highest BCUT2D eigenvalue weighted by Crippen LogP contribution is 2.19. The van der Waals surface area contributed by atoms with Crippen molar-refractivity contribution < 1.29 is 9.90 Å². The van der Waals surface area contributed by atoms with Gasteiger partial charge in [-0.15, -0.1) is 0 Å². The Morgan fingerprint density at radius 2 is 2.41 bits per heavy atom. The molecule has 0 saturated carbocycles. The molecule has 1 aromatic heterocycles. The number of carboxylic acids is 1. The Hall–Kier alpha value is -1.50. The fourth-order valence-corrected chi connectivity index (χ4v) is 2.78. The average Bonchev–Trinajstić information content (AvgIpc) is 2.33. The van der Waals surface area contributed by atoms with Gasteiger partial charge in [-0.3, -0.25) is 4.79 Å². The smallest absolute Gasteiger partial charge is 0.327 e. The van der Waals surface area contributed by atoms with E-state index in [-0.39, 0.29) is 11.4 Å². The number of rotatable bonds is 2. The van der Waals surface area contributed by atoms with Crippen molar-refractivity contribution in [1.29, 1.82) is 0 Å². The fourth-order valence-electron chi connectivity index (χ4n) is 1.74. The summed E-state index contributed by atoms with van der Waals surface area (Å²) in [6.45, 7) is 0.536. The van der Waals surface area contributed by atoms with Crippen LogP contribution in [0.3, 0.4) is 0 Å². The van der Waals surface area contributed by atoms with Crippen molar-refractivity contribution in [2.45, 2.75) is 6.04 Å². The van der Waals surface area contributed by atoms with Gasteiger partial charge in [0.2, 0.25) is 0 Å². The van der Waals surface area contributed by atoms with Crippen LogP contribution in [0.2, 0.25) is 0 Å². The number of anilines is 1. The van der Waals surface area contributed by atoms with Crippen LogP contribution in [0.25, 0.3) is 0 Å². The lowest BCUT2D eigenvalue weighted by atomic mass is 10.2. The number of hydrogen-bond acceptors (Lipinski definition) is 5. The molecule has 6 nitrogen and oxygen atoms in total. The molecule has 0 spiro atoms. The SMILES string of the molecule is Cn1ccnc(N2CCSCC2C(=O)O)c1=O. The van der Waals surface area contributed by atoms with Gasteiger partial charge in [0.15, 0.2) is 5.82 Å². The molecule has 0 bridgehead atoms. The number of thioether (sulfide) groups is 1. The summed E-state index contributed by atoms with van der Waals surface area (Å²) in [5.41, 5.74) is -0.259. The van der Waals surface area contributed by atoms with Gasteiger partial charge in [-0.05, 0) is 0 Å². The molecule has 1 aliphatic rings. The van der Waals surface area contributed by atoms with Crippen LogP contribution >= 0.6 is 11.8 Å². The summed E-state index contributed by atoms with van der Waals surface area (Å²) >= 11 is 1.58. The molecule has 1 aliphatic heterocycles. The normalized spacial score (nSPS) is 20.3. The van der Waals surface area contributed by atoms with Crippen LogP contribution in [-0.2, 0) is 11.8 Å². The van der Waals surface area contributed by atoms with E-state index in [1.54, 1.807) is 29.9 Å². The second kappa shape index (κ2) is 4.79. The highest BCUT2D eigenvalue weighted by molar-refractivity contribution is 7.99. The van der Waals surface area contributed by atoms with Gasteiger partial charge in [0, 0.05) is 37.5 Å². The Morgan fingerprint density at radius 1 is 1.65 bits per heavy atom. The molecule has 0 aromatic carbocycles. The second-order valence-corrected chi connectivity index (χ2v) is 4.94. The van der Waals surface area contributed by atoms with Gasteiger partial charge >= 0.3 is 5.97 Å². The van der Waals surface area contributed by atoms with Crippen molar-refractivity contribution in [2.24, 2.45) is 7.05 Å². The maximum Gasteiger partial charge on any atom is 0.327 e. The molecule has 7 heteroatoms. The zero-order chi connectivity index (χ0) is 12.4. The number of hydrogen-bond donors (Lipinski definition) is 1. The number of aliphatic carboxylic acids is 1. The van der Waals surface area contributed by atoms with Crippen LogP contribution in [-0.4, -0.2) is 44.7 Å². The van der Waals surface area contributed by atoms with Crippen LogP contribution in [0, 0.1) is 0 Å². The van der Waals surface area contributed by atoms with Gasteiger partial charge in [0.05, 0.1) is 0 Å². The number of aryl methyl sites for hydroxylation is 1. The van der Waals surface area contributed by atoms with Crippen LogP contribution in [0.1, 0.15) is 0 Å². The van der Waals surface area contributed by atoms with E-state index in [9.17, 15) is 9.59 Å². The predicted octanol–water partition coefficient (Wildman–Crippen LogP) is -0.213. The molecule has 1 unspecified atom stereocenters. The highest BCUT2D eigenvalue weighted by atomic mass is 32.2. The van der Waals surface area contributed by atoms with Crippen molar-refractivity contribution in [3.63, 3.8) is 0 Å². The second-order valence-electron chi connectivity index (χ2n) is 3.79. The van der Waals surface area contributed by atoms with Crippen LogP contribution in [0.15, 0.2) is 17.2 Å². The van der Waals surface area contributed by atoms with E-state index in [0.717, 1.165) is 5.75 Å². The van der Waals surface area contributed by atoms with Gasteiger partial charge in [-0.1, -0.05) is 0 Å². The van der Waals surface area contributed by atoms with E-state index in [2.05, 4.69) is 4.98 Å². The topological polar surface area (TPSA) is 75.4 Å². The molecule has 92 valence electrons. The van der Waals surface area contributed by atoms with E-state index >= 15 is 0 Å². The zero-order valence-corrected chi connectivity index (χ0v) is 10.2. The van der Waals surface area contributed by atoms with E-state index in [4.69, 9.17) is 5.11 Å². The third-order valence-corrected chi connectivity index (χ3v) is 3.71. The monoisotopic (exact) mass is 255 g/mol.